The van der Waals surface area contributed by atoms with Crippen LogP contribution in [0.1, 0.15) is 5.56 Å². The molecule has 0 spiro atoms. The summed E-state index contributed by atoms with van der Waals surface area (Å²) in [6.45, 7) is 0. The molecule has 0 unspecified atom stereocenters. The van der Waals surface area contributed by atoms with Gasteiger partial charge < -0.3 is 5.32 Å². The quantitative estimate of drug-likeness (QED) is 0.738. The number of amides is 1. The average molecular weight is 347 g/mol. The number of rotatable bonds is 4. The van der Waals surface area contributed by atoms with Gasteiger partial charge in [-0.3, -0.25) is 4.79 Å². The van der Waals surface area contributed by atoms with Gasteiger partial charge in [0.25, 0.3) is 0 Å². The van der Waals surface area contributed by atoms with Gasteiger partial charge >= 0.3 is 0 Å². The summed E-state index contributed by atoms with van der Waals surface area (Å²) in [6, 6.07) is 13.3. The van der Waals surface area contributed by atoms with Gasteiger partial charge in [0, 0.05) is 16.0 Å². The minimum absolute atomic E-state index is 0.160. The van der Waals surface area contributed by atoms with Gasteiger partial charge in [0.1, 0.15) is 5.82 Å². The molecular weight excluding hydrogens is 335 g/mol. The molecule has 3 rings (SSSR count). The van der Waals surface area contributed by atoms with Crippen LogP contribution in [0.2, 0.25) is 5.02 Å². The number of anilines is 1. The van der Waals surface area contributed by atoms with Gasteiger partial charge in [-0.2, -0.15) is 0 Å². The highest BCUT2D eigenvalue weighted by Gasteiger charge is 2.09. The number of thiazole rings is 1. The maximum Gasteiger partial charge on any atom is 0.230 e. The molecule has 0 saturated carbocycles. The van der Waals surface area contributed by atoms with E-state index in [1.54, 1.807) is 29.6 Å². The number of nitrogens with one attached hydrogen (secondary N) is 1. The van der Waals surface area contributed by atoms with Crippen LogP contribution in [0.5, 0.6) is 0 Å². The fourth-order valence-electron chi connectivity index (χ4n) is 2.06. The third-order valence-corrected chi connectivity index (χ3v) is 4.16. The van der Waals surface area contributed by atoms with Crippen LogP contribution in [0.15, 0.2) is 53.9 Å². The lowest BCUT2D eigenvalue weighted by atomic mass is 10.1. The van der Waals surface area contributed by atoms with Gasteiger partial charge in [-0.1, -0.05) is 35.9 Å². The molecule has 0 fully saturated rings. The van der Waals surface area contributed by atoms with E-state index in [-0.39, 0.29) is 18.1 Å². The summed E-state index contributed by atoms with van der Waals surface area (Å²) >= 11 is 7.12. The SMILES string of the molecule is O=C(Cc1ccc(Cl)cc1)Nc1nc(-c2cccc(F)c2)cs1. The summed E-state index contributed by atoms with van der Waals surface area (Å²) in [6.07, 6.45) is 0.242. The molecule has 6 heteroatoms. The van der Waals surface area contributed by atoms with Crippen molar-refractivity contribution in [1.29, 1.82) is 0 Å². The van der Waals surface area contributed by atoms with Crippen molar-refractivity contribution in [1.82, 2.24) is 4.98 Å². The van der Waals surface area contributed by atoms with Gasteiger partial charge in [-0.05, 0) is 29.8 Å². The molecule has 1 amide bonds. The number of hydrogen-bond donors (Lipinski definition) is 1. The molecule has 1 aromatic heterocycles. The van der Waals surface area contributed by atoms with Crippen molar-refractivity contribution >= 4 is 34.0 Å². The van der Waals surface area contributed by atoms with E-state index in [1.165, 1.54) is 23.5 Å². The van der Waals surface area contributed by atoms with Crippen molar-refractivity contribution in [3.63, 3.8) is 0 Å². The van der Waals surface area contributed by atoms with Crippen LogP contribution in [0.3, 0.4) is 0 Å². The average Bonchev–Trinajstić information content (AvgIpc) is 2.98. The van der Waals surface area contributed by atoms with E-state index in [2.05, 4.69) is 10.3 Å². The van der Waals surface area contributed by atoms with Crippen molar-refractivity contribution in [2.45, 2.75) is 6.42 Å². The van der Waals surface area contributed by atoms with Crippen LogP contribution < -0.4 is 5.32 Å². The lowest BCUT2D eigenvalue weighted by molar-refractivity contribution is -0.115. The lowest BCUT2D eigenvalue weighted by Crippen LogP contribution is -2.14. The second-order valence-electron chi connectivity index (χ2n) is 4.90. The monoisotopic (exact) mass is 346 g/mol. The Hall–Kier alpha value is -2.24. The van der Waals surface area contributed by atoms with Gasteiger partial charge in [0.05, 0.1) is 12.1 Å². The Balaban J connectivity index is 1.66. The first-order valence-electron chi connectivity index (χ1n) is 6.86. The summed E-state index contributed by atoms with van der Waals surface area (Å²) in [5.41, 5.74) is 2.18. The van der Waals surface area contributed by atoms with Gasteiger partial charge in [-0.25, -0.2) is 9.37 Å². The number of carbonyl (C=O) groups excluding carboxylic acids is 1. The number of carbonyl (C=O) groups is 1. The van der Waals surface area contributed by atoms with Crippen molar-refractivity contribution < 1.29 is 9.18 Å². The Morgan fingerprint density at radius 1 is 1.22 bits per heavy atom. The predicted octanol–water partition coefficient (Wildman–Crippen LogP) is 4.78. The zero-order valence-corrected chi connectivity index (χ0v) is 13.5. The van der Waals surface area contributed by atoms with Crippen molar-refractivity contribution in [3.8, 4) is 11.3 Å². The summed E-state index contributed by atoms with van der Waals surface area (Å²) in [7, 11) is 0. The van der Waals surface area contributed by atoms with Gasteiger partial charge in [0.2, 0.25) is 5.91 Å². The molecule has 0 aliphatic heterocycles. The summed E-state index contributed by atoms with van der Waals surface area (Å²) in [5, 5.41) is 5.66. The molecule has 0 radical (unpaired) electrons. The third kappa shape index (κ3) is 4.15. The normalized spacial score (nSPS) is 10.5. The Labute approximate surface area is 141 Å². The zero-order valence-electron chi connectivity index (χ0n) is 11.9. The van der Waals surface area contributed by atoms with Crippen LogP contribution in [-0.2, 0) is 11.2 Å². The number of halogens is 2. The molecule has 3 nitrogen and oxygen atoms in total. The molecule has 116 valence electrons. The van der Waals surface area contributed by atoms with E-state index in [4.69, 9.17) is 11.6 Å². The smallest absolute Gasteiger partial charge is 0.230 e. The van der Waals surface area contributed by atoms with E-state index >= 15 is 0 Å². The minimum Gasteiger partial charge on any atom is -0.302 e. The van der Waals surface area contributed by atoms with E-state index < -0.39 is 0 Å². The predicted molar refractivity (Wildman–Crippen MR) is 91.3 cm³/mol. The van der Waals surface area contributed by atoms with Crippen molar-refractivity contribution in [2.75, 3.05) is 5.32 Å². The Morgan fingerprint density at radius 2 is 2.00 bits per heavy atom. The largest absolute Gasteiger partial charge is 0.302 e. The van der Waals surface area contributed by atoms with Crippen LogP contribution in [-0.4, -0.2) is 10.9 Å². The van der Waals surface area contributed by atoms with Crippen LogP contribution in [0.25, 0.3) is 11.3 Å². The van der Waals surface area contributed by atoms with Crippen LogP contribution in [0.4, 0.5) is 9.52 Å². The van der Waals surface area contributed by atoms with Crippen molar-refractivity contribution in [3.05, 3.63) is 70.3 Å². The molecule has 0 aliphatic carbocycles. The first-order chi connectivity index (χ1) is 11.1. The second kappa shape index (κ2) is 6.89. The van der Waals surface area contributed by atoms with E-state index in [1.807, 2.05) is 12.1 Å². The molecule has 0 atom stereocenters. The molecule has 3 aromatic rings. The fourth-order valence-corrected chi connectivity index (χ4v) is 2.92. The number of hydrogen-bond acceptors (Lipinski definition) is 3. The Morgan fingerprint density at radius 3 is 2.74 bits per heavy atom. The Kier molecular flexibility index (Phi) is 4.69. The minimum atomic E-state index is -0.316. The molecule has 0 bridgehead atoms. The fraction of sp³-hybridized carbons (Fsp3) is 0.0588. The lowest BCUT2D eigenvalue weighted by Gasteiger charge is -2.02. The highest BCUT2D eigenvalue weighted by atomic mass is 35.5. The van der Waals surface area contributed by atoms with Crippen LogP contribution >= 0.6 is 22.9 Å². The van der Waals surface area contributed by atoms with E-state index in [0.29, 0.717) is 21.4 Å². The molecular formula is C17H12ClFN2OS. The maximum absolute atomic E-state index is 13.2. The summed E-state index contributed by atoms with van der Waals surface area (Å²) in [5.74, 6) is -0.476. The Bertz CT molecular complexity index is 833. The first-order valence-corrected chi connectivity index (χ1v) is 8.12. The van der Waals surface area contributed by atoms with Crippen LogP contribution in [0, 0.1) is 5.82 Å². The second-order valence-corrected chi connectivity index (χ2v) is 6.19. The van der Waals surface area contributed by atoms with Gasteiger partial charge in [-0.15, -0.1) is 11.3 Å². The number of benzene rings is 2. The highest BCUT2D eigenvalue weighted by molar-refractivity contribution is 7.14. The topological polar surface area (TPSA) is 42.0 Å². The highest BCUT2D eigenvalue weighted by Crippen LogP contribution is 2.25. The molecule has 0 aliphatic rings. The van der Waals surface area contributed by atoms with E-state index in [9.17, 15) is 9.18 Å². The molecule has 0 saturated heterocycles. The van der Waals surface area contributed by atoms with Crippen molar-refractivity contribution in [2.24, 2.45) is 0 Å². The first kappa shape index (κ1) is 15.6. The molecule has 1 N–H and O–H groups in total. The van der Waals surface area contributed by atoms with E-state index in [0.717, 1.165) is 5.56 Å². The van der Waals surface area contributed by atoms with Gasteiger partial charge in [0.15, 0.2) is 5.13 Å². The summed E-state index contributed by atoms with van der Waals surface area (Å²) < 4.78 is 13.2. The number of aromatic nitrogens is 1. The third-order valence-electron chi connectivity index (χ3n) is 3.15. The standard InChI is InChI=1S/C17H12ClFN2OS/c18-13-6-4-11(5-7-13)8-16(22)21-17-20-15(10-23-17)12-2-1-3-14(19)9-12/h1-7,9-10H,8H2,(H,20,21,22). The summed E-state index contributed by atoms with van der Waals surface area (Å²) in [4.78, 5) is 16.3. The zero-order chi connectivity index (χ0) is 16.2. The maximum atomic E-state index is 13.2. The molecule has 1 heterocycles. The molecule has 2 aromatic carbocycles. The molecule has 23 heavy (non-hydrogen) atoms. The number of nitrogens with zero attached hydrogens (tertiary/aromatic N) is 1.